The average Bonchev–Trinajstić information content (AvgIpc) is 3.07. The van der Waals surface area contributed by atoms with Crippen LogP contribution in [0.2, 0.25) is 5.02 Å². The molecule has 0 fully saturated rings. The molecule has 5 heteroatoms. The van der Waals surface area contributed by atoms with E-state index in [4.69, 9.17) is 26.0 Å². The Morgan fingerprint density at radius 2 is 2.12 bits per heavy atom. The van der Waals surface area contributed by atoms with Crippen LogP contribution in [0, 0.1) is 11.3 Å². The number of nitrogens with zero attached hydrogens (tertiary/aromatic N) is 1. The van der Waals surface area contributed by atoms with Gasteiger partial charge in [0.25, 0.3) is 0 Å². The molecule has 0 spiro atoms. The van der Waals surface area contributed by atoms with E-state index in [1.54, 1.807) is 30.3 Å². The zero-order valence-electron chi connectivity index (χ0n) is 13.9. The summed E-state index contributed by atoms with van der Waals surface area (Å²) in [5, 5.41) is 9.91. The van der Waals surface area contributed by atoms with Crippen LogP contribution in [-0.4, -0.2) is 12.4 Å². The van der Waals surface area contributed by atoms with Gasteiger partial charge in [-0.05, 0) is 54.5 Å². The number of hydrogen-bond donors (Lipinski definition) is 0. The molecule has 4 nitrogen and oxygen atoms in total. The first-order valence-corrected chi connectivity index (χ1v) is 8.55. The van der Waals surface area contributed by atoms with Gasteiger partial charge in [0.15, 0.2) is 5.76 Å². The van der Waals surface area contributed by atoms with Gasteiger partial charge in [-0.15, -0.1) is 0 Å². The van der Waals surface area contributed by atoms with Crippen molar-refractivity contribution in [1.82, 2.24) is 0 Å². The minimum absolute atomic E-state index is 0.224. The molecule has 0 saturated carbocycles. The van der Waals surface area contributed by atoms with Crippen molar-refractivity contribution in [2.45, 2.75) is 12.8 Å². The lowest BCUT2D eigenvalue weighted by molar-refractivity contribution is 0.102. The number of allylic oxidation sites excluding steroid dienone is 1. The molecule has 0 unspecified atom stereocenters. The predicted molar refractivity (Wildman–Crippen MR) is 101 cm³/mol. The van der Waals surface area contributed by atoms with Crippen molar-refractivity contribution in [3.05, 3.63) is 71.0 Å². The fourth-order valence-electron chi connectivity index (χ4n) is 2.44. The number of furan rings is 1. The summed E-state index contributed by atoms with van der Waals surface area (Å²) in [5.41, 5.74) is 1.47. The minimum Gasteiger partial charge on any atom is -0.494 e. The van der Waals surface area contributed by atoms with Crippen molar-refractivity contribution in [1.29, 1.82) is 5.26 Å². The molecule has 3 aromatic rings. The van der Waals surface area contributed by atoms with E-state index in [1.165, 1.54) is 6.08 Å². The SMILES string of the molecule is N#CCCCOc1cccc(/C=C/C(=O)c2cc3cc(Cl)ccc3o2)c1. The minimum atomic E-state index is -0.224. The predicted octanol–water partition coefficient (Wildman–Crippen LogP) is 5.66. The number of rotatable bonds is 7. The lowest BCUT2D eigenvalue weighted by Gasteiger charge is -2.05. The van der Waals surface area contributed by atoms with Crippen molar-refractivity contribution < 1.29 is 13.9 Å². The summed E-state index contributed by atoms with van der Waals surface area (Å²) >= 11 is 5.95. The third-order valence-corrected chi connectivity index (χ3v) is 3.94. The maximum Gasteiger partial charge on any atom is 0.221 e. The van der Waals surface area contributed by atoms with E-state index in [1.807, 2.05) is 24.3 Å². The molecule has 0 N–H and O–H groups in total. The van der Waals surface area contributed by atoms with Gasteiger partial charge in [-0.1, -0.05) is 29.8 Å². The number of carbonyl (C=O) groups is 1. The molecule has 0 atom stereocenters. The Hall–Kier alpha value is -3.03. The van der Waals surface area contributed by atoms with Gasteiger partial charge in [-0.2, -0.15) is 5.26 Å². The number of carbonyl (C=O) groups excluding carboxylic acids is 1. The van der Waals surface area contributed by atoms with Crippen molar-refractivity contribution >= 4 is 34.4 Å². The Morgan fingerprint density at radius 3 is 2.96 bits per heavy atom. The monoisotopic (exact) mass is 365 g/mol. The number of fused-ring (bicyclic) bond motifs is 1. The van der Waals surface area contributed by atoms with Crippen molar-refractivity contribution in [3.8, 4) is 11.8 Å². The number of hydrogen-bond acceptors (Lipinski definition) is 4. The zero-order valence-corrected chi connectivity index (χ0v) is 14.7. The first kappa shape index (κ1) is 17.8. The second-order valence-electron chi connectivity index (χ2n) is 5.67. The van der Waals surface area contributed by atoms with Gasteiger partial charge in [-0.3, -0.25) is 4.79 Å². The van der Waals surface area contributed by atoms with Gasteiger partial charge in [0, 0.05) is 16.8 Å². The number of ether oxygens (including phenoxy) is 1. The van der Waals surface area contributed by atoms with Crippen LogP contribution in [0.5, 0.6) is 5.75 Å². The molecule has 0 saturated heterocycles. The van der Waals surface area contributed by atoms with Gasteiger partial charge in [-0.25, -0.2) is 0 Å². The van der Waals surface area contributed by atoms with E-state index >= 15 is 0 Å². The van der Waals surface area contributed by atoms with E-state index in [-0.39, 0.29) is 11.5 Å². The van der Waals surface area contributed by atoms with Crippen LogP contribution in [0.1, 0.15) is 29.0 Å². The second kappa shape index (κ2) is 8.37. The normalized spacial score (nSPS) is 10.9. The summed E-state index contributed by atoms with van der Waals surface area (Å²) in [4.78, 5) is 12.3. The van der Waals surface area contributed by atoms with E-state index in [0.29, 0.717) is 35.8 Å². The molecule has 0 aliphatic heterocycles. The van der Waals surface area contributed by atoms with Crippen molar-refractivity contribution in [2.75, 3.05) is 6.61 Å². The van der Waals surface area contributed by atoms with Crippen molar-refractivity contribution in [3.63, 3.8) is 0 Å². The molecule has 0 aliphatic carbocycles. The summed E-state index contributed by atoms with van der Waals surface area (Å²) < 4.78 is 11.2. The van der Waals surface area contributed by atoms with Crippen LogP contribution in [0.3, 0.4) is 0 Å². The number of nitriles is 1. The highest BCUT2D eigenvalue weighted by Crippen LogP contribution is 2.23. The summed E-state index contributed by atoms with van der Waals surface area (Å²) in [7, 11) is 0. The van der Waals surface area contributed by atoms with Crippen LogP contribution < -0.4 is 4.74 Å². The summed E-state index contributed by atoms with van der Waals surface area (Å²) in [6, 6.07) is 16.4. The number of ketones is 1. The standard InChI is InChI=1S/C21H16ClNO3/c22-17-7-9-20-16(13-17)14-21(26-20)19(24)8-6-15-4-3-5-18(12-15)25-11-2-1-10-23/h3-9,12-14H,1-2,11H2/b8-6+. The number of halogens is 1. The molecule has 26 heavy (non-hydrogen) atoms. The molecular formula is C21H16ClNO3. The fraction of sp³-hybridized carbons (Fsp3) is 0.143. The largest absolute Gasteiger partial charge is 0.494 e. The van der Waals surface area contributed by atoms with E-state index in [9.17, 15) is 4.79 Å². The molecule has 3 rings (SSSR count). The fourth-order valence-corrected chi connectivity index (χ4v) is 2.62. The van der Waals surface area contributed by atoms with Gasteiger partial charge in [0.1, 0.15) is 11.3 Å². The first-order chi connectivity index (χ1) is 12.7. The zero-order chi connectivity index (χ0) is 18.4. The Balaban J connectivity index is 1.68. The third-order valence-electron chi connectivity index (χ3n) is 3.71. The highest BCUT2D eigenvalue weighted by atomic mass is 35.5. The van der Waals surface area contributed by atoms with E-state index in [0.717, 1.165) is 10.9 Å². The van der Waals surface area contributed by atoms with Crippen LogP contribution >= 0.6 is 11.6 Å². The van der Waals surface area contributed by atoms with E-state index < -0.39 is 0 Å². The van der Waals surface area contributed by atoms with Gasteiger partial charge >= 0.3 is 0 Å². The average molecular weight is 366 g/mol. The Kier molecular flexibility index (Phi) is 5.73. The molecule has 130 valence electrons. The molecule has 1 heterocycles. The van der Waals surface area contributed by atoms with Crippen LogP contribution in [0.15, 0.2) is 59.0 Å². The van der Waals surface area contributed by atoms with Crippen molar-refractivity contribution in [2.24, 2.45) is 0 Å². The summed E-state index contributed by atoms with van der Waals surface area (Å²) in [6.45, 7) is 0.487. The highest BCUT2D eigenvalue weighted by molar-refractivity contribution is 6.31. The first-order valence-electron chi connectivity index (χ1n) is 8.17. The summed E-state index contributed by atoms with van der Waals surface area (Å²) in [6.07, 6.45) is 4.33. The lowest BCUT2D eigenvalue weighted by Crippen LogP contribution is -1.96. The van der Waals surface area contributed by atoms with Gasteiger partial charge in [0.2, 0.25) is 5.78 Å². The van der Waals surface area contributed by atoms with Crippen LogP contribution in [0.4, 0.5) is 0 Å². The topological polar surface area (TPSA) is 63.2 Å². The Bertz CT molecular complexity index is 998. The molecule has 2 aromatic carbocycles. The Labute approximate surface area is 156 Å². The number of unbranched alkanes of at least 4 members (excludes halogenated alkanes) is 1. The highest BCUT2D eigenvalue weighted by Gasteiger charge is 2.10. The van der Waals surface area contributed by atoms with E-state index in [2.05, 4.69) is 6.07 Å². The van der Waals surface area contributed by atoms with Gasteiger partial charge in [0.05, 0.1) is 12.7 Å². The maximum atomic E-state index is 12.3. The summed E-state index contributed by atoms with van der Waals surface area (Å²) in [5.74, 6) is 0.746. The number of benzene rings is 2. The quantitative estimate of drug-likeness (QED) is 0.307. The molecule has 0 radical (unpaired) electrons. The maximum absolute atomic E-state index is 12.3. The molecule has 0 bridgehead atoms. The third kappa shape index (κ3) is 4.53. The molecule has 1 aromatic heterocycles. The molecule has 0 amide bonds. The smallest absolute Gasteiger partial charge is 0.221 e. The van der Waals surface area contributed by atoms with Crippen LogP contribution in [0.25, 0.3) is 17.0 Å². The lowest BCUT2D eigenvalue weighted by atomic mass is 10.1. The Morgan fingerprint density at radius 1 is 1.23 bits per heavy atom. The van der Waals surface area contributed by atoms with Gasteiger partial charge < -0.3 is 9.15 Å². The van der Waals surface area contributed by atoms with Crippen LogP contribution in [-0.2, 0) is 0 Å². The molecule has 0 aliphatic rings. The second-order valence-corrected chi connectivity index (χ2v) is 6.11. The molecular weight excluding hydrogens is 350 g/mol.